The molecular formula is C18H21N3O5S. The van der Waals surface area contributed by atoms with Gasteiger partial charge in [-0.3, -0.25) is 25.2 Å². The van der Waals surface area contributed by atoms with Gasteiger partial charge in [0.2, 0.25) is 5.91 Å². The Bertz CT molecular complexity index is 792. The molecule has 144 valence electrons. The predicted molar refractivity (Wildman–Crippen MR) is 101 cm³/mol. The number of nitrogens with one attached hydrogen (secondary N) is 3. The second-order valence-corrected chi connectivity index (χ2v) is 6.36. The van der Waals surface area contributed by atoms with Crippen molar-refractivity contribution in [3.05, 3.63) is 46.2 Å². The van der Waals surface area contributed by atoms with Crippen LogP contribution in [0.2, 0.25) is 0 Å². The molecule has 2 aromatic rings. The third-order valence-electron chi connectivity index (χ3n) is 3.57. The minimum atomic E-state index is -0.477. The first-order chi connectivity index (χ1) is 13.0. The van der Waals surface area contributed by atoms with Gasteiger partial charge >= 0.3 is 0 Å². The molecule has 1 aromatic carbocycles. The van der Waals surface area contributed by atoms with Gasteiger partial charge in [-0.2, -0.15) is 0 Å². The van der Waals surface area contributed by atoms with Gasteiger partial charge in [0, 0.05) is 18.5 Å². The van der Waals surface area contributed by atoms with Crippen LogP contribution in [0.4, 0.5) is 0 Å². The summed E-state index contributed by atoms with van der Waals surface area (Å²) in [6.07, 6.45) is 0.617. The summed E-state index contributed by atoms with van der Waals surface area (Å²) in [5.74, 6) is -0.0719. The SMILES string of the molecule is COc1ccc(C(=O)NNC(=O)CCCNC(=O)c2cccs2)cc1OC. The lowest BCUT2D eigenvalue weighted by atomic mass is 10.2. The van der Waals surface area contributed by atoms with Crippen LogP contribution < -0.4 is 25.6 Å². The molecule has 0 spiro atoms. The summed E-state index contributed by atoms with van der Waals surface area (Å²) in [5, 5.41) is 4.56. The van der Waals surface area contributed by atoms with E-state index in [9.17, 15) is 14.4 Å². The van der Waals surface area contributed by atoms with Crippen LogP contribution in [0.3, 0.4) is 0 Å². The maximum atomic E-state index is 12.1. The van der Waals surface area contributed by atoms with Crippen LogP contribution in [0.5, 0.6) is 11.5 Å². The molecule has 1 heterocycles. The third kappa shape index (κ3) is 6.00. The summed E-state index contributed by atoms with van der Waals surface area (Å²) >= 11 is 1.35. The molecule has 2 rings (SSSR count). The van der Waals surface area contributed by atoms with E-state index in [0.29, 0.717) is 34.9 Å². The molecule has 0 atom stereocenters. The fourth-order valence-corrected chi connectivity index (χ4v) is 2.82. The summed E-state index contributed by atoms with van der Waals surface area (Å²) in [7, 11) is 2.97. The summed E-state index contributed by atoms with van der Waals surface area (Å²) in [4.78, 5) is 36.3. The molecule has 0 aliphatic carbocycles. The quantitative estimate of drug-likeness (QED) is 0.469. The molecule has 27 heavy (non-hydrogen) atoms. The number of rotatable bonds is 8. The first-order valence-electron chi connectivity index (χ1n) is 8.18. The molecule has 0 saturated carbocycles. The number of methoxy groups -OCH3 is 2. The molecule has 0 aliphatic heterocycles. The maximum absolute atomic E-state index is 12.1. The second-order valence-electron chi connectivity index (χ2n) is 5.41. The zero-order valence-corrected chi connectivity index (χ0v) is 15.9. The van der Waals surface area contributed by atoms with Crippen LogP contribution in [0.15, 0.2) is 35.7 Å². The van der Waals surface area contributed by atoms with Crippen molar-refractivity contribution in [3.8, 4) is 11.5 Å². The lowest BCUT2D eigenvalue weighted by molar-refractivity contribution is -0.121. The van der Waals surface area contributed by atoms with Crippen LogP contribution >= 0.6 is 11.3 Å². The Kier molecular flexibility index (Phi) is 7.63. The van der Waals surface area contributed by atoms with Gasteiger partial charge in [0.15, 0.2) is 11.5 Å². The van der Waals surface area contributed by atoms with Crippen molar-refractivity contribution in [2.24, 2.45) is 0 Å². The lowest BCUT2D eigenvalue weighted by Crippen LogP contribution is -2.41. The smallest absolute Gasteiger partial charge is 0.269 e. The van der Waals surface area contributed by atoms with Gasteiger partial charge in [-0.1, -0.05) is 6.07 Å². The first-order valence-corrected chi connectivity index (χ1v) is 9.06. The van der Waals surface area contributed by atoms with Crippen LogP contribution in [-0.2, 0) is 4.79 Å². The fraction of sp³-hybridized carbons (Fsp3) is 0.278. The minimum absolute atomic E-state index is 0.160. The summed E-state index contributed by atoms with van der Waals surface area (Å²) in [6.45, 7) is 0.369. The third-order valence-corrected chi connectivity index (χ3v) is 4.44. The number of hydrogen-bond donors (Lipinski definition) is 3. The van der Waals surface area contributed by atoms with E-state index in [-0.39, 0.29) is 18.2 Å². The van der Waals surface area contributed by atoms with Gasteiger partial charge in [0.25, 0.3) is 11.8 Å². The highest BCUT2D eigenvalue weighted by Gasteiger charge is 2.12. The second kappa shape index (κ2) is 10.2. The van der Waals surface area contributed by atoms with Crippen molar-refractivity contribution in [2.75, 3.05) is 20.8 Å². The number of ether oxygens (including phenoxy) is 2. The number of hydrogen-bond acceptors (Lipinski definition) is 6. The van der Waals surface area contributed by atoms with Crippen LogP contribution in [0.25, 0.3) is 0 Å². The molecule has 0 fully saturated rings. The van der Waals surface area contributed by atoms with E-state index in [1.807, 2.05) is 5.38 Å². The highest BCUT2D eigenvalue weighted by Crippen LogP contribution is 2.27. The fourth-order valence-electron chi connectivity index (χ4n) is 2.18. The van der Waals surface area contributed by atoms with Crippen molar-refractivity contribution in [1.29, 1.82) is 0 Å². The van der Waals surface area contributed by atoms with Crippen molar-refractivity contribution >= 4 is 29.1 Å². The summed E-state index contributed by atoms with van der Waals surface area (Å²) in [6, 6.07) is 8.21. The molecule has 0 bridgehead atoms. The molecule has 0 unspecified atom stereocenters. The van der Waals surface area contributed by atoms with E-state index in [1.54, 1.807) is 24.3 Å². The molecule has 0 aliphatic rings. The van der Waals surface area contributed by atoms with Gasteiger partial charge in [0.05, 0.1) is 19.1 Å². The normalized spacial score (nSPS) is 10.0. The number of thiophene rings is 1. The summed E-state index contributed by atoms with van der Waals surface area (Å²) < 4.78 is 10.2. The highest BCUT2D eigenvalue weighted by molar-refractivity contribution is 7.12. The van der Waals surface area contributed by atoms with E-state index < -0.39 is 5.91 Å². The minimum Gasteiger partial charge on any atom is -0.493 e. The number of benzene rings is 1. The van der Waals surface area contributed by atoms with E-state index >= 15 is 0 Å². The Labute approximate surface area is 160 Å². The van der Waals surface area contributed by atoms with Gasteiger partial charge in [0.1, 0.15) is 0 Å². The zero-order chi connectivity index (χ0) is 19.6. The topological polar surface area (TPSA) is 106 Å². The molecule has 3 amide bonds. The molecule has 0 saturated heterocycles. The molecule has 0 radical (unpaired) electrons. The van der Waals surface area contributed by atoms with E-state index in [2.05, 4.69) is 16.2 Å². The van der Waals surface area contributed by atoms with E-state index in [0.717, 1.165) is 0 Å². The van der Waals surface area contributed by atoms with E-state index in [1.165, 1.54) is 31.6 Å². The molecule has 1 aromatic heterocycles. The average molecular weight is 391 g/mol. The van der Waals surface area contributed by atoms with Gasteiger partial charge in [-0.05, 0) is 36.1 Å². The lowest BCUT2D eigenvalue weighted by Gasteiger charge is -2.10. The van der Waals surface area contributed by atoms with Crippen molar-refractivity contribution in [2.45, 2.75) is 12.8 Å². The Balaban J connectivity index is 1.70. The molecule has 3 N–H and O–H groups in total. The van der Waals surface area contributed by atoms with Crippen LogP contribution in [0, 0.1) is 0 Å². The predicted octanol–water partition coefficient (Wildman–Crippen LogP) is 1.74. The largest absolute Gasteiger partial charge is 0.493 e. The number of amides is 3. The maximum Gasteiger partial charge on any atom is 0.269 e. The standard InChI is InChI=1S/C18H21N3O5S/c1-25-13-8-7-12(11-14(13)26-2)17(23)21-20-16(22)6-3-9-19-18(24)15-5-4-10-27-15/h4-5,7-8,10-11H,3,6,9H2,1-2H3,(H,19,24)(H,20,22)(H,21,23). The zero-order valence-electron chi connectivity index (χ0n) is 15.0. The number of hydrazine groups is 1. The Morgan fingerprint density at radius 3 is 2.44 bits per heavy atom. The highest BCUT2D eigenvalue weighted by atomic mass is 32.1. The summed E-state index contributed by atoms with van der Waals surface area (Å²) in [5.41, 5.74) is 5.00. The molecule has 9 heteroatoms. The van der Waals surface area contributed by atoms with Crippen molar-refractivity contribution in [1.82, 2.24) is 16.2 Å². The average Bonchev–Trinajstić information content (AvgIpc) is 3.23. The van der Waals surface area contributed by atoms with Gasteiger partial charge in [-0.25, -0.2) is 0 Å². The van der Waals surface area contributed by atoms with E-state index in [4.69, 9.17) is 9.47 Å². The van der Waals surface area contributed by atoms with Crippen molar-refractivity contribution < 1.29 is 23.9 Å². The first kappa shape index (κ1) is 20.2. The Hall–Kier alpha value is -3.07. The van der Waals surface area contributed by atoms with Gasteiger partial charge in [-0.15, -0.1) is 11.3 Å². The Morgan fingerprint density at radius 1 is 1.00 bits per heavy atom. The molecular weight excluding hydrogens is 370 g/mol. The van der Waals surface area contributed by atoms with Crippen molar-refractivity contribution in [3.63, 3.8) is 0 Å². The Morgan fingerprint density at radius 2 is 1.78 bits per heavy atom. The van der Waals surface area contributed by atoms with Gasteiger partial charge < -0.3 is 14.8 Å². The van der Waals surface area contributed by atoms with Crippen LogP contribution in [0.1, 0.15) is 32.9 Å². The van der Waals surface area contributed by atoms with Crippen LogP contribution in [-0.4, -0.2) is 38.5 Å². The number of carbonyl (C=O) groups excluding carboxylic acids is 3. The number of carbonyl (C=O) groups is 3. The monoisotopic (exact) mass is 391 g/mol. The molecule has 8 nitrogen and oxygen atoms in total.